The molecule has 0 aliphatic carbocycles. The fourth-order valence-electron chi connectivity index (χ4n) is 1.62. The van der Waals surface area contributed by atoms with E-state index in [9.17, 15) is 0 Å². The molecule has 0 fully saturated rings. The van der Waals surface area contributed by atoms with Crippen molar-refractivity contribution in [2.24, 2.45) is 5.16 Å². The van der Waals surface area contributed by atoms with E-state index in [2.05, 4.69) is 9.99 Å². The first-order valence-corrected chi connectivity index (χ1v) is 6.33. The zero-order valence-corrected chi connectivity index (χ0v) is 11.6. The topological polar surface area (TPSA) is 47.6 Å². The zero-order chi connectivity index (χ0) is 14.1. The molecular formula is C16H20N2O. The molecule has 2 rings (SSSR count). The highest BCUT2D eigenvalue weighted by atomic mass is 16.6. The van der Waals surface area contributed by atoms with E-state index >= 15 is 0 Å². The number of rotatable bonds is 3. The summed E-state index contributed by atoms with van der Waals surface area (Å²) in [6.45, 7) is 4.00. The van der Waals surface area contributed by atoms with E-state index in [-0.39, 0.29) is 0 Å². The van der Waals surface area contributed by atoms with Crippen molar-refractivity contribution in [1.29, 1.82) is 0 Å². The largest absolute Gasteiger partial charge is 0.399 e. The Morgan fingerprint density at radius 3 is 2.21 bits per heavy atom. The van der Waals surface area contributed by atoms with Gasteiger partial charge in [0.25, 0.3) is 0 Å². The molecule has 0 saturated carbocycles. The third kappa shape index (κ3) is 4.14. The van der Waals surface area contributed by atoms with Crippen molar-refractivity contribution >= 4 is 11.9 Å². The molecule has 0 saturated heterocycles. The average molecular weight is 256 g/mol. The Balaban J connectivity index is 0.000000861. The Bertz CT molecular complexity index is 519. The van der Waals surface area contributed by atoms with E-state index in [1.807, 2.05) is 62.4 Å². The Morgan fingerprint density at radius 1 is 1.00 bits per heavy atom. The van der Waals surface area contributed by atoms with Gasteiger partial charge in [0.15, 0.2) is 0 Å². The van der Waals surface area contributed by atoms with Crippen molar-refractivity contribution < 1.29 is 4.84 Å². The van der Waals surface area contributed by atoms with Crippen LogP contribution in [0.4, 0.5) is 5.69 Å². The van der Waals surface area contributed by atoms with E-state index in [0.717, 1.165) is 22.4 Å². The van der Waals surface area contributed by atoms with E-state index in [1.54, 1.807) is 6.21 Å². The molecule has 3 heteroatoms. The molecule has 0 radical (unpaired) electrons. The smallest absolute Gasteiger partial charge is 0.106 e. The van der Waals surface area contributed by atoms with Crippen LogP contribution in [0.2, 0.25) is 0 Å². The Morgan fingerprint density at radius 2 is 1.63 bits per heavy atom. The first-order chi connectivity index (χ1) is 9.31. The normalized spacial score (nSPS) is 9.84. The molecule has 0 bridgehead atoms. The first-order valence-electron chi connectivity index (χ1n) is 6.33. The molecule has 19 heavy (non-hydrogen) atoms. The van der Waals surface area contributed by atoms with Gasteiger partial charge in [-0.1, -0.05) is 61.5 Å². The molecule has 0 aliphatic rings. The Hall–Kier alpha value is -2.29. The summed E-state index contributed by atoms with van der Waals surface area (Å²) >= 11 is 0. The van der Waals surface area contributed by atoms with Crippen molar-refractivity contribution in [2.45, 2.75) is 13.8 Å². The van der Waals surface area contributed by atoms with Gasteiger partial charge in [-0.25, -0.2) is 0 Å². The average Bonchev–Trinajstić information content (AvgIpc) is 2.48. The van der Waals surface area contributed by atoms with E-state index in [0.29, 0.717) is 0 Å². The maximum Gasteiger partial charge on any atom is 0.106 e. The second kappa shape index (κ2) is 7.93. The van der Waals surface area contributed by atoms with Crippen LogP contribution in [0.25, 0.3) is 11.1 Å². The summed E-state index contributed by atoms with van der Waals surface area (Å²) in [6.07, 6.45) is 1.66. The van der Waals surface area contributed by atoms with Crippen LogP contribution in [0, 0.1) is 0 Å². The molecule has 2 aromatic carbocycles. The van der Waals surface area contributed by atoms with Crippen molar-refractivity contribution in [3.05, 3.63) is 54.1 Å². The van der Waals surface area contributed by atoms with Crippen molar-refractivity contribution in [1.82, 2.24) is 0 Å². The second-order valence-electron chi connectivity index (χ2n) is 3.63. The van der Waals surface area contributed by atoms with Crippen LogP contribution < -0.4 is 5.73 Å². The minimum atomic E-state index is 0.783. The van der Waals surface area contributed by atoms with Crippen LogP contribution in [-0.4, -0.2) is 13.3 Å². The molecule has 100 valence electrons. The van der Waals surface area contributed by atoms with Gasteiger partial charge in [0.1, 0.15) is 7.11 Å². The predicted molar refractivity (Wildman–Crippen MR) is 82.2 cm³/mol. The summed E-state index contributed by atoms with van der Waals surface area (Å²) in [5, 5.41) is 3.71. The molecule has 2 aromatic rings. The maximum atomic E-state index is 5.92. The number of para-hydroxylation sites is 1. The van der Waals surface area contributed by atoms with Gasteiger partial charge in [0, 0.05) is 11.3 Å². The monoisotopic (exact) mass is 256 g/mol. The molecule has 2 N–H and O–H groups in total. The van der Waals surface area contributed by atoms with Crippen molar-refractivity contribution in [2.75, 3.05) is 12.8 Å². The molecular weight excluding hydrogens is 236 g/mol. The molecule has 0 aromatic heterocycles. The number of oxime groups is 1. The minimum absolute atomic E-state index is 0.783. The van der Waals surface area contributed by atoms with Crippen molar-refractivity contribution in [3.8, 4) is 11.1 Å². The van der Waals surface area contributed by atoms with E-state index in [4.69, 9.17) is 5.73 Å². The highest BCUT2D eigenvalue weighted by Gasteiger charge is 2.00. The third-order valence-corrected chi connectivity index (χ3v) is 2.49. The lowest BCUT2D eigenvalue weighted by molar-refractivity contribution is 0.215. The number of nitrogen functional groups attached to an aromatic ring is 1. The van der Waals surface area contributed by atoms with Crippen LogP contribution >= 0.6 is 0 Å². The summed E-state index contributed by atoms with van der Waals surface area (Å²) in [7, 11) is 1.52. The van der Waals surface area contributed by atoms with Gasteiger partial charge < -0.3 is 10.6 Å². The Kier molecular flexibility index (Phi) is 6.16. The number of benzene rings is 2. The number of nitrogens with zero attached hydrogens (tertiary/aromatic N) is 1. The van der Waals surface area contributed by atoms with Crippen LogP contribution in [0.15, 0.2) is 53.7 Å². The molecule has 0 spiro atoms. The summed E-state index contributed by atoms with van der Waals surface area (Å²) < 4.78 is 0. The Labute approximate surface area is 114 Å². The van der Waals surface area contributed by atoms with Crippen LogP contribution in [-0.2, 0) is 4.84 Å². The van der Waals surface area contributed by atoms with E-state index in [1.165, 1.54) is 7.11 Å². The SMILES string of the molecule is CC.CO/N=C/c1ccc(-c2ccccc2N)cc1. The quantitative estimate of drug-likeness (QED) is 0.513. The van der Waals surface area contributed by atoms with Gasteiger partial charge in [-0.15, -0.1) is 0 Å². The first kappa shape index (κ1) is 14.8. The van der Waals surface area contributed by atoms with Crippen LogP contribution in [0.5, 0.6) is 0 Å². The highest BCUT2D eigenvalue weighted by molar-refractivity contribution is 5.82. The van der Waals surface area contributed by atoms with E-state index < -0.39 is 0 Å². The molecule has 0 amide bonds. The van der Waals surface area contributed by atoms with Crippen LogP contribution in [0.3, 0.4) is 0 Å². The number of anilines is 1. The molecule has 3 nitrogen and oxygen atoms in total. The standard InChI is InChI=1S/C14H14N2O.C2H6/c1-17-16-10-11-6-8-12(9-7-11)13-4-2-3-5-14(13)15;1-2/h2-10H,15H2,1H3;1-2H3/b16-10+;. The fourth-order valence-corrected chi connectivity index (χ4v) is 1.62. The molecule has 0 unspecified atom stereocenters. The molecule has 0 aliphatic heterocycles. The zero-order valence-electron chi connectivity index (χ0n) is 11.6. The second-order valence-corrected chi connectivity index (χ2v) is 3.63. The third-order valence-electron chi connectivity index (χ3n) is 2.49. The lowest BCUT2D eigenvalue weighted by Gasteiger charge is -2.05. The summed E-state index contributed by atoms with van der Waals surface area (Å²) in [6, 6.07) is 15.8. The summed E-state index contributed by atoms with van der Waals surface area (Å²) in [5.41, 5.74) is 9.84. The lowest BCUT2D eigenvalue weighted by atomic mass is 10.0. The van der Waals surface area contributed by atoms with Gasteiger partial charge in [-0.2, -0.15) is 0 Å². The van der Waals surface area contributed by atoms with Crippen LogP contribution in [0.1, 0.15) is 19.4 Å². The summed E-state index contributed by atoms with van der Waals surface area (Å²) in [5.74, 6) is 0. The van der Waals surface area contributed by atoms with Gasteiger partial charge in [0.2, 0.25) is 0 Å². The number of hydrogen-bond donors (Lipinski definition) is 1. The highest BCUT2D eigenvalue weighted by Crippen LogP contribution is 2.25. The fraction of sp³-hybridized carbons (Fsp3) is 0.188. The maximum absolute atomic E-state index is 5.92. The number of nitrogens with two attached hydrogens (primary N) is 1. The van der Waals surface area contributed by atoms with Gasteiger partial charge in [-0.05, 0) is 17.2 Å². The summed E-state index contributed by atoms with van der Waals surface area (Å²) in [4.78, 5) is 4.63. The lowest BCUT2D eigenvalue weighted by Crippen LogP contribution is -1.89. The number of hydrogen-bond acceptors (Lipinski definition) is 3. The van der Waals surface area contributed by atoms with Gasteiger partial charge in [-0.3, -0.25) is 0 Å². The molecule has 0 atom stereocenters. The minimum Gasteiger partial charge on any atom is -0.399 e. The van der Waals surface area contributed by atoms with Crippen molar-refractivity contribution in [3.63, 3.8) is 0 Å². The molecule has 0 heterocycles. The predicted octanol–water partition coefficient (Wildman–Crippen LogP) is 3.94. The van der Waals surface area contributed by atoms with Gasteiger partial charge in [0.05, 0.1) is 6.21 Å². The van der Waals surface area contributed by atoms with Gasteiger partial charge >= 0.3 is 0 Å².